The monoisotopic (exact) mass is 237 g/mol. The topological polar surface area (TPSA) is 44.5 Å². The summed E-state index contributed by atoms with van der Waals surface area (Å²) in [4.78, 5) is 0. The van der Waals surface area contributed by atoms with E-state index < -0.39 is 5.60 Å². The molecule has 0 bridgehead atoms. The number of methoxy groups -OCH3 is 1. The van der Waals surface area contributed by atoms with E-state index in [4.69, 9.17) is 15.2 Å². The number of nitrogens with two attached hydrogens (primary N) is 1. The molecule has 2 N–H and O–H groups in total. The van der Waals surface area contributed by atoms with Crippen LogP contribution in [0.4, 0.5) is 0 Å². The zero-order valence-corrected chi connectivity index (χ0v) is 11.4. The lowest BCUT2D eigenvalue weighted by molar-refractivity contribution is 0.00998. The van der Waals surface area contributed by atoms with Gasteiger partial charge in [0, 0.05) is 13.7 Å². The maximum atomic E-state index is 5.76. The quantitative estimate of drug-likeness (QED) is 0.856. The van der Waals surface area contributed by atoms with Gasteiger partial charge in [-0.25, -0.2) is 0 Å². The largest absolute Gasteiger partial charge is 0.491 e. The van der Waals surface area contributed by atoms with Crippen LogP contribution in [0.25, 0.3) is 0 Å². The first kappa shape index (κ1) is 14.0. The van der Waals surface area contributed by atoms with Crippen LogP contribution in [-0.2, 0) is 10.3 Å². The molecule has 1 unspecified atom stereocenters. The Morgan fingerprint density at radius 3 is 2.41 bits per heavy atom. The Morgan fingerprint density at radius 2 is 2.00 bits per heavy atom. The van der Waals surface area contributed by atoms with Crippen molar-refractivity contribution in [3.05, 3.63) is 29.3 Å². The molecule has 1 atom stereocenters. The Bertz CT molecular complexity index is 370. The van der Waals surface area contributed by atoms with Crippen molar-refractivity contribution in [2.24, 2.45) is 5.73 Å². The van der Waals surface area contributed by atoms with E-state index in [1.54, 1.807) is 7.11 Å². The summed E-state index contributed by atoms with van der Waals surface area (Å²) in [5, 5.41) is 0. The van der Waals surface area contributed by atoms with Crippen LogP contribution in [0.1, 0.15) is 31.9 Å². The van der Waals surface area contributed by atoms with E-state index >= 15 is 0 Å². The Morgan fingerprint density at radius 1 is 1.35 bits per heavy atom. The van der Waals surface area contributed by atoms with Gasteiger partial charge in [-0.15, -0.1) is 0 Å². The van der Waals surface area contributed by atoms with Crippen LogP contribution in [0.15, 0.2) is 18.2 Å². The first-order chi connectivity index (χ1) is 7.92. The van der Waals surface area contributed by atoms with E-state index in [2.05, 4.69) is 6.07 Å². The van der Waals surface area contributed by atoms with Gasteiger partial charge in [0.25, 0.3) is 0 Å². The van der Waals surface area contributed by atoms with Gasteiger partial charge in [-0.3, -0.25) is 0 Å². The van der Waals surface area contributed by atoms with Gasteiger partial charge in [0.15, 0.2) is 0 Å². The summed E-state index contributed by atoms with van der Waals surface area (Å²) in [5.41, 5.74) is 7.52. The van der Waals surface area contributed by atoms with Gasteiger partial charge in [0.05, 0.1) is 6.10 Å². The molecule has 0 aliphatic heterocycles. The molecule has 0 aliphatic carbocycles. The van der Waals surface area contributed by atoms with Gasteiger partial charge in [-0.1, -0.05) is 6.07 Å². The second kappa shape index (κ2) is 5.52. The average molecular weight is 237 g/mol. The summed E-state index contributed by atoms with van der Waals surface area (Å²) in [7, 11) is 1.68. The van der Waals surface area contributed by atoms with Crippen molar-refractivity contribution in [1.82, 2.24) is 0 Å². The fraction of sp³-hybridized carbons (Fsp3) is 0.571. The van der Waals surface area contributed by atoms with Crippen LogP contribution in [0.3, 0.4) is 0 Å². The van der Waals surface area contributed by atoms with Crippen molar-refractivity contribution in [2.75, 3.05) is 13.7 Å². The summed E-state index contributed by atoms with van der Waals surface area (Å²) in [6.07, 6.45) is 0.183. The molecule has 0 aliphatic rings. The molecule has 3 heteroatoms. The van der Waals surface area contributed by atoms with Crippen molar-refractivity contribution in [3.63, 3.8) is 0 Å². The summed E-state index contributed by atoms with van der Waals surface area (Å²) >= 11 is 0. The van der Waals surface area contributed by atoms with Crippen molar-refractivity contribution in [2.45, 2.75) is 39.4 Å². The standard InChI is InChI=1S/C14H23NO2/c1-10(2)17-13-7-6-12(8-11(13)3)14(4,9-15)16-5/h6-8,10H,9,15H2,1-5H3. The fourth-order valence-electron chi connectivity index (χ4n) is 1.68. The van der Waals surface area contributed by atoms with E-state index in [9.17, 15) is 0 Å². The lowest BCUT2D eigenvalue weighted by Gasteiger charge is -2.27. The smallest absolute Gasteiger partial charge is 0.122 e. The minimum Gasteiger partial charge on any atom is -0.491 e. The van der Waals surface area contributed by atoms with Gasteiger partial charge in [-0.05, 0) is 51.0 Å². The summed E-state index contributed by atoms with van der Waals surface area (Å²) in [6.45, 7) is 8.52. The van der Waals surface area contributed by atoms with Gasteiger partial charge >= 0.3 is 0 Å². The molecule has 0 radical (unpaired) electrons. The number of ether oxygens (including phenoxy) is 2. The van der Waals surface area contributed by atoms with Gasteiger partial charge in [-0.2, -0.15) is 0 Å². The Hall–Kier alpha value is -1.06. The van der Waals surface area contributed by atoms with Gasteiger partial charge in [0.2, 0.25) is 0 Å². The molecule has 0 saturated heterocycles. The van der Waals surface area contributed by atoms with Crippen LogP contribution in [0.5, 0.6) is 5.75 Å². The molecule has 17 heavy (non-hydrogen) atoms. The highest BCUT2D eigenvalue weighted by Gasteiger charge is 2.24. The Balaban J connectivity index is 3.03. The molecule has 1 rings (SSSR count). The van der Waals surface area contributed by atoms with Crippen molar-refractivity contribution in [3.8, 4) is 5.75 Å². The summed E-state index contributed by atoms with van der Waals surface area (Å²) < 4.78 is 11.2. The third-order valence-electron chi connectivity index (χ3n) is 2.99. The first-order valence-corrected chi connectivity index (χ1v) is 5.96. The predicted octanol–water partition coefficient (Wildman–Crippen LogP) is 2.60. The first-order valence-electron chi connectivity index (χ1n) is 5.96. The highest BCUT2D eigenvalue weighted by molar-refractivity contribution is 5.38. The molecule has 0 fully saturated rings. The fourth-order valence-corrected chi connectivity index (χ4v) is 1.68. The van der Waals surface area contributed by atoms with Crippen LogP contribution in [0, 0.1) is 6.92 Å². The molecule has 1 aromatic rings. The SMILES string of the molecule is COC(C)(CN)c1ccc(OC(C)C)c(C)c1. The van der Waals surface area contributed by atoms with Crippen molar-refractivity contribution in [1.29, 1.82) is 0 Å². The van der Waals surface area contributed by atoms with E-state index in [-0.39, 0.29) is 6.10 Å². The molecule has 3 nitrogen and oxygen atoms in total. The number of benzene rings is 1. The number of hydrogen-bond donors (Lipinski definition) is 1. The number of aryl methyl sites for hydroxylation is 1. The highest BCUT2D eigenvalue weighted by Crippen LogP contribution is 2.28. The molecular weight excluding hydrogens is 214 g/mol. The lowest BCUT2D eigenvalue weighted by atomic mass is 9.94. The van der Waals surface area contributed by atoms with Crippen LogP contribution < -0.4 is 10.5 Å². The van der Waals surface area contributed by atoms with E-state index in [0.29, 0.717) is 6.54 Å². The second-order valence-electron chi connectivity index (χ2n) is 4.79. The van der Waals surface area contributed by atoms with Crippen molar-refractivity contribution < 1.29 is 9.47 Å². The molecule has 1 aromatic carbocycles. The third-order valence-corrected chi connectivity index (χ3v) is 2.99. The van der Waals surface area contributed by atoms with Crippen LogP contribution in [-0.4, -0.2) is 19.8 Å². The molecule has 0 aromatic heterocycles. The minimum atomic E-state index is -0.429. The van der Waals surface area contributed by atoms with E-state index in [0.717, 1.165) is 16.9 Å². The highest BCUT2D eigenvalue weighted by atomic mass is 16.5. The zero-order chi connectivity index (χ0) is 13.1. The third kappa shape index (κ3) is 3.20. The Kier molecular flexibility index (Phi) is 4.54. The second-order valence-corrected chi connectivity index (χ2v) is 4.79. The molecule has 0 heterocycles. The minimum absolute atomic E-state index is 0.183. The lowest BCUT2D eigenvalue weighted by Crippen LogP contribution is -2.33. The maximum Gasteiger partial charge on any atom is 0.122 e. The number of rotatable bonds is 5. The zero-order valence-electron chi connectivity index (χ0n) is 11.4. The van der Waals surface area contributed by atoms with Gasteiger partial charge < -0.3 is 15.2 Å². The molecular formula is C14H23NO2. The summed E-state index contributed by atoms with van der Waals surface area (Å²) in [6, 6.07) is 6.08. The average Bonchev–Trinajstić information content (AvgIpc) is 2.30. The van der Waals surface area contributed by atoms with Crippen LogP contribution in [0.2, 0.25) is 0 Å². The van der Waals surface area contributed by atoms with Gasteiger partial charge in [0.1, 0.15) is 11.4 Å². The Labute approximate surface area is 104 Å². The van der Waals surface area contributed by atoms with Crippen LogP contribution >= 0.6 is 0 Å². The molecule has 0 amide bonds. The summed E-state index contributed by atoms with van der Waals surface area (Å²) in [5.74, 6) is 0.916. The van der Waals surface area contributed by atoms with E-state index in [1.807, 2.05) is 39.8 Å². The molecule has 96 valence electrons. The van der Waals surface area contributed by atoms with Crippen molar-refractivity contribution >= 4 is 0 Å². The molecule has 0 spiro atoms. The normalized spacial score (nSPS) is 14.8. The number of hydrogen-bond acceptors (Lipinski definition) is 3. The maximum absolute atomic E-state index is 5.76. The molecule has 0 saturated carbocycles. The van der Waals surface area contributed by atoms with E-state index in [1.165, 1.54) is 0 Å². The predicted molar refractivity (Wildman–Crippen MR) is 70.4 cm³/mol.